The molecule has 3 aliphatic rings. The molecular formula is C19H21N3O3S. The molecule has 3 aliphatic heterocycles. The van der Waals surface area contributed by atoms with E-state index in [1.54, 1.807) is 63.9 Å². The average Bonchev–Trinajstić information content (AvgIpc) is 3.01. The van der Waals surface area contributed by atoms with Gasteiger partial charge in [0.25, 0.3) is 5.91 Å². The zero-order chi connectivity index (χ0) is 18.1. The van der Waals surface area contributed by atoms with Crippen LogP contribution in [0.15, 0.2) is 59.6 Å². The minimum absolute atomic E-state index is 0.124. The van der Waals surface area contributed by atoms with Crippen molar-refractivity contribution in [1.29, 1.82) is 0 Å². The number of benzene rings is 1. The summed E-state index contributed by atoms with van der Waals surface area (Å²) in [5, 5.41) is 0. The van der Waals surface area contributed by atoms with Gasteiger partial charge < -0.3 is 4.90 Å². The number of pyridine rings is 1. The van der Waals surface area contributed by atoms with Gasteiger partial charge in [-0.3, -0.25) is 9.78 Å². The number of hydrogen-bond acceptors (Lipinski definition) is 4. The van der Waals surface area contributed by atoms with Crippen LogP contribution in [-0.2, 0) is 10.0 Å². The van der Waals surface area contributed by atoms with Gasteiger partial charge in [0.2, 0.25) is 10.0 Å². The molecule has 1 amide bonds. The lowest BCUT2D eigenvalue weighted by atomic mass is 9.97. The van der Waals surface area contributed by atoms with Crippen LogP contribution in [0.25, 0.3) is 0 Å². The third-order valence-electron chi connectivity index (χ3n) is 5.18. The van der Waals surface area contributed by atoms with E-state index in [0.29, 0.717) is 30.2 Å². The summed E-state index contributed by atoms with van der Waals surface area (Å²) in [6, 6.07) is 13.6. The maximum atomic E-state index is 13.1. The summed E-state index contributed by atoms with van der Waals surface area (Å²) in [6.07, 6.45) is 3.33. The molecule has 3 fully saturated rings. The lowest BCUT2D eigenvalue weighted by molar-refractivity contribution is 0.0740. The molecule has 0 radical (unpaired) electrons. The third-order valence-corrected chi connectivity index (χ3v) is 7.12. The smallest absolute Gasteiger partial charge is 0.272 e. The number of hydrogen-bond donors (Lipinski definition) is 0. The standard InChI is InChI=1S/C19H21N3O3S/c23-19(18-8-4-5-11-20-18)21-12-15-9-10-16(14-21)22(13-15)26(24,25)17-6-2-1-3-7-17/h1-8,11,15-16H,9-10,12-14H2/t15-,16+/m1/s1. The molecule has 4 heterocycles. The zero-order valence-electron chi connectivity index (χ0n) is 14.4. The predicted molar refractivity (Wildman–Crippen MR) is 97.0 cm³/mol. The Morgan fingerprint density at radius 3 is 2.46 bits per heavy atom. The van der Waals surface area contributed by atoms with Crippen molar-refractivity contribution in [2.45, 2.75) is 23.8 Å². The summed E-state index contributed by atoms with van der Waals surface area (Å²) in [6.45, 7) is 1.46. The first kappa shape index (κ1) is 17.2. The Kier molecular flexibility index (Phi) is 4.50. The maximum absolute atomic E-state index is 13.1. The Balaban J connectivity index is 1.60. The van der Waals surface area contributed by atoms with E-state index in [1.165, 1.54) is 0 Å². The summed E-state index contributed by atoms with van der Waals surface area (Å²) in [7, 11) is -3.55. The molecule has 2 bridgehead atoms. The second-order valence-corrected chi connectivity index (χ2v) is 8.80. The number of amides is 1. The van der Waals surface area contributed by atoms with Gasteiger partial charge >= 0.3 is 0 Å². The van der Waals surface area contributed by atoms with Crippen molar-refractivity contribution >= 4 is 15.9 Å². The molecule has 136 valence electrons. The van der Waals surface area contributed by atoms with Gasteiger partial charge in [0.05, 0.1) is 4.90 Å². The van der Waals surface area contributed by atoms with Crippen LogP contribution in [0, 0.1) is 5.92 Å². The molecule has 5 rings (SSSR count). The maximum Gasteiger partial charge on any atom is 0.272 e. The van der Waals surface area contributed by atoms with Gasteiger partial charge in [0.15, 0.2) is 0 Å². The van der Waals surface area contributed by atoms with Crippen molar-refractivity contribution < 1.29 is 13.2 Å². The van der Waals surface area contributed by atoms with E-state index in [9.17, 15) is 13.2 Å². The van der Waals surface area contributed by atoms with Crippen molar-refractivity contribution in [2.75, 3.05) is 19.6 Å². The highest BCUT2D eigenvalue weighted by Gasteiger charge is 2.42. The van der Waals surface area contributed by atoms with E-state index < -0.39 is 10.0 Å². The lowest BCUT2D eigenvalue weighted by Crippen LogP contribution is -2.47. The molecule has 2 aromatic rings. The van der Waals surface area contributed by atoms with Gasteiger partial charge in [-0.25, -0.2) is 8.42 Å². The lowest BCUT2D eigenvalue weighted by Gasteiger charge is -2.34. The second kappa shape index (κ2) is 6.81. The molecule has 7 heteroatoms. The number of carbonyl (C=O) groups excluding carboxylic acids is 1. The summed E-state index contributed by atoms with van der Waals surface area (Å²) in [5.74, 6) is 0.0290. The van der Waals surface area contributed by atoms with Crippen LogP contribution < -0.4 is 0 Å². The van der Waals surface area contributed by atoms with Gasteiger partial charge in [-0.15, -0.1) is 0 Å². The molecule has 0 aliphatic carbocycles. The first-order valence-corrected chi connectivity index (χ1v) is 10.3. The van der Waals surface area contributed by atoms with Crippen molar-refractivity contribution in [3.63, 3.8) is 0 Å². The first-order valence-electron chi connectivity index (χ1n) is 8.83. The van der Waals surface area contributed by atoms with Crippen LogP contribution in [0.2, 0.25) is 0 Å². The minimum atomic E-state index is -3.55. The number of piperidine rings is 1. The minimum Gasteiger partial charge on any atom is -0.335 e. The molecular weight excluding hydrogens is 350 g/mol. The fourth-order valence-electron chi connectivity index (χ4n) is 3.88. The molecule has 6 nitrogen and oxygen atoms in total. The van der Waals surface area contributed by atoms with Crippen LogP contribution in [-0.4, -0.2) is 54.2 Å². The Labute approximate surface area is 153 Å². The molecule has 2 atom stereocenters. The Morgan fingerprint density at radius 2 is 1.73 bits per heavy atom. The molecule has 26 heavy (non-hydrogen) atoms. The van der Waals surface area contributed by atoms with E-state index in [2.05, 4.69) is 4.98 Å². The molecule has 0 unspecified atom stereocenters. The number of fused-ring (bicyclic) bond motifs is 4. The summed E-state index contributed by atoms with van der Waals surface area (Å²) in [4.78, 5) is 19.0. The number of sulfonamides is 1. The fraction of sp³-hybridized carbons (Fsp3) is 0.368. The van der Waals surface area contributed by atoms with E-state index >= 15 is 0 Å². The van der Waals surface area contributed by atoms with E-state index in [-0.39, 0.29) is 17.9 Å². The Morgan fingerprint density at radius 1 is 0.962 bits per heavy atom. The highest BCUT2D eigenvalue weighted by molar-refractivity contribution is 7.89. The molecule has 3 saturated heterocycles. The van der Waals surface area contributed by atoms with E-state index in [1.807, 2.05) is 0 Å². The van der Waals surface area contributed by atoms with Crippen molar-refractivity contribution in [3.05, 3.63) is 60.4 Å². The van der Waals surface area contributed by atoms with Crippen molar-refractivity contribution in [1.82, 2.24) is 14.2 Å². The highest BCUT2D eigenvalue weighted by atomic mass is 32.2. The third kappa shape index (κ3) is 3.12. The van der Waals surface area contributed by atoms with Gasteiger partial charge in [-0.2, -0.15) is 4.31 Å². The van der Waals surface area contributed by atoms with Gasteiger partial charge in [0, 0.05) is 31.9 Å². The number of carbonyl (C=O) groups is 1. The number of rotatable bonds is 3. The fourth-order valence-corrected chi connectivity index (χ4v) is 5.62. The van der Waals surface area contributed by atoms with Crippen LogP contribution >= 0.6 is 0 Å². The second-order valence-electron chi connectivity index (χ2n) is 6.91. The van der Waals surface area contributed by atoms with Crippen LogP contribution in [0.1, 0.15) is 23.3 Å². The van der Waals surface area contributed by atoms with Crippen LogP contribution in [0.5, 0.6) is 0 Å². The molecule has 0 saturated carbocycles. The highest BCUT2D eigenvalue weighted by Crippen LogP contribution is 2.32. The van der Waals surface area contributed by atoms with Crippen LogP contribution in [0.3, 0.4) is 0 Å². The van der Waals surface area contributed by atoms with Gasteiger partial charge in [-0.1, -0.05) is 24.3 Å². The first-order chi connectivity index (χ1) is 12.6. The van der Waals surface area contributed by atoms with E-state index in [4.69, 9.17) is 0 Å². The Hall–Kier alpha value is -2.25. The Bertz CT molecular complexity index is 887. The number of nitrogens with zero attached hydrogens (tertiary/aromatic N) is 3. The molecule has 1 aromatic heterocycles. The predicted octanol–water partition coefficient (Wildman–Crippen LogP) is 2.01. The zero-order valence-corrected chi connectivity index (χ0v) is 15.2. The molecule has 1 aromatic carbocycles. The van der Waals surface area contributed by atoms with Gasteiger partial charge in [-0.05, 0) is 43.0 Å². The normalized spacial score (nSPS) is 23.6. The molecule has 0 N–H and O–H groups in total. The van der Waals surface area contributed by atoms with E-state index in [0.717, 1.165) is 12.8 Å². The van der Waals surface area contributed by atoms with Crippen LogP contribution in [0.4, 0.5) is 0 Å². The van der Waals surface area contributed by atoms with Crippen molar-refractivity contribution in [3.8, 4) is 0 Å². The monoisotopic (exact) mass is 371 g/mol. The number of aromatic nitrogens is 1. The SMILES string of the molecule is O=C(c1ccccn1)N1C[C@H]2CC[C@@H](C1)N(S(=O)(=O)c1ccccc1)C2. The summed E-state index contributed by atoms with van der Waals surface area (Å²) in [5.41, 5.74) is 0.409. The summed E-state index contributed by atoms with van der Waals surface area (Å²) < 4.78 is 27.8. The molecule has 0 spiro atoms. The summed E-state index contributed by atoms with van der Waals surface area (Å²) >= 11 is 0. The quantitative estimate of drug-likeness (QED) is 0.827. The largest absolute Gasteiger partial charge is 0.335 e. The topological polar surface area (TPSA) is 70.6 Å². The average molecular weight is 371 g/mol. The van der Waals surface area contributed by atoms with Crippen molar-refractivity contribution in [2.24, 2.45) is 5.92 Å². The van der Waals surface area contributed by atoms with Gasteiger partial charge in [0.1, 0.15) is 5.69 Å².